The molecule has 10 heteroatoms. The number of sulfonamides is 2. The van der Waals surface area contributed by atoms with Crippen molar-refractivity contribution in [2.24, 2.45) is 0 Å². The lowest BCUT2D eigenvalue weighted by Crippen LogP contribution is -2.46. The van der Waals surface area contributed by atoms with E-state index in [0.29, 0.717) is 19.4 Å². The van der Waals surface area contributed by atoms with Gasteiger partial charge >= 0.3 is 5.97 Å². The smallest absolute Gasteiger partial charge is 0.304 e. The van der Waals surface area contributed by atoms with Gasteiger partial charge in [0, 0.05) is 19.1 Å². The molecule has 0 radical (unpaired) electrons. The first-order chi connectivity index (χ1) is 9.62. The first kappa shape index (κ1) is 18.3. The molecule has 2 N–H and O–H groups in total. The molecule has 0 aromatic rings. The van der Waals surface area contributed by atoms with E-state index < -0.39 is 38.2 Å². The minimum Gasteiger partial charge on any atom is -0.481 e. The molecule has 1 atom stereocenters. The number of hydrogen-bond acceptors (Lipinski definition) is 5. The highest BCUT2D eigenvalue weighted by molar-refractivity contribution is 7.89. The molecule has 8 nitrogen and oxygen atoms in total. The molecule has 0 saturated carbocycles. The molecule has 0 amide bonds. The molecule has 1 rings (SSSR count). The van der Waals surface area contributed by atoms with Crippen molar-refractivity contribution in [2.45, 2.75) is 38.1 Å². The molecular weight excluding hydrogens is 320 g/mol. The lowest BCUT2D eigenvalue weighted by atomic mass is 10.0. The molecule has 1 aliphatic rings. The van der Waals surface area contributed by atoms with Crippen molar-refractivity contribution in [3.8, 4) is 0 Å². The number of rotatable bonds is 8. The molecular formula is C11H22N2O6S2. The van der Waals surface area contributed by atoms with Crippen molar-refractivity contribution in [3.05, 3.63) is 0 Å². The van der Waals surface area contributed by atoms with Crippen LogP contribution < -0.4 is 4.72 Å². The summed E-state index contributed by atoms with van der Waals surface area (Å²) in [5.41, 5.74) is 0. The van der Waals surface area contributed by atoms with Crippen molar-refractivity contribution in [2.75, 3.05) is 25.1 Å². The van der Waals surface area contributed by atoms with Crippen molar-refractivity contribution in [1.29, 1.82) is 0 Å². The molecule has 1 unspecified atom stereocenters. The predicted octanol–water partition coefficient (Wildman–Crippen LogP) is -0.415. The van der Waals surface area contributed by atoms with Gasteiger partial charge in [0.05, 0.1) is 18.4 Å². The van der Waals surface area contributed by atoms with Crippen LogP contribution in [0.4, 0.5) is 0 Å². The zero-order valence-electron chi connectivity index (χ0n) is 12.0. The van der Waals surface area contributed by atoms with Gasteiger partial charge in [-0.2, -0.15) is 4.31 Å². The van der Waals surface area contributed by atoms with Gasteiger partial charge < -0.3 is 5.11 Å². The van der Waals surface area contributed by atoms with Crippen molar-refractivity contribution in [1.82, 2.24) is 9.03 Å². The van der Waals surface area contributed by atoms with Crippen LogP contribution in [0.15, 0.2) is 0 Å². The fourth-order valence-corrected chi connectivity index (χ4v) is 4.60. The summed E-state index contributed by atoms with van der Waals surface area (Å²) >= 11 is 0. The quantitative estimate of drug-likeness (QED) is 0.618. The van der Waals surface area contributed by atoms with Gasteiger partial charge in [0.15, 0.2) is 0 Å². The summed E-state index contributed by atoms with van der Waals surface area (Å²) in [6.07, 6.45) is 3.30. The average molecular weight is 342 g/mol. The maximum Gasteiger partial charge on any atom is 0.304 e. The van der Waals surface area contributed by atoms with Crippen LogP contribution in [0.5, 0.6) is 0 Å². The molecule has 1 aliphatic heterocycles. The maximum atomic E-state index is 12.2. The molecule has 0 bridgehead atoms. The number of carboxylic acid groups (broad SMARTS) is 1. The Morgan fingerprint density at radius 3 is 2.52 bits per heavy atom. The van der Waals surface area contributed by atoms with Crippen LogP contribution in [-0.4, -0.2) is 63.4 Å². The van der Waals surface area contributed by atoms with Crippen LogP contribution in [0, 0.1) is 0 Å². The van der Waals surface area contributed by atoms with Crippen LogP contribution in [0.25, 0.3) is 0 Å². The number of hydrogen-bond donors (Lipinski definition) is 2. The van der Waals surface area contributed by atoms with Gasteiger partial charge in [0.1, 0.15) is 0 Å². The Morgan fingerprint density at radius 2 is 1.95 bits per heavy atom. The van der Waals surface area contributed by atoms with E-state index in [2.05, 4.69) is 4.72 Å². The Morgan fingerprint density at radius 1 is 1.29 bits per heavy atom. The van der Waals surface area contributed by atoms with Gasteiger partial charge in [-0.1, -0.05) is 6.42 Å². The summed E-state index contributed by atoms with van der Waals surface area (Å²) in [5.74, 6) is -1.57. The topological polar surface area (TPSA) is 121 Å². The summed E-state index contributed by atoms with van der Waals surface area (Å²) in [6.45, 7) is 0.542. The van der Waals surface area contributed by atoms with Crippen molar-refractivity contribution in [3.63, 3.8) is 0 Å². The molecule has 1 saturated heterocycles. The Labute approximate surface area is 125 Å². The standard InChI is InChI=1S/C11H22N2O6S2/c1-20(16,17)12-7-5-10-4-2-3-8-13(10)21(18,19)9-6-11(14)15/h10,12H,2-9H2,1H3,(H,14,15). The minimum atomic E-state index is -3.62. The molecule has 0 aliphatic carbocycles. The van der Waals surface area contributed by atoms with Gasteiger partial charge in [-0.05, 0) is 19.3 Å². The van der Waals surface area contributed by atoms with Crippen LogP contribution >= 0.6 is 0 Å². The number of nitrogens with zero attached hydrogens (tertiary/aromatic N) is 1. The zero-order chi connectivity index (χ0) is 16.1. The van der Waals surface area contributed by atoms with E-state index >= 15 is 0 Å². The minimum absolute atomic E-state index is 0.175. The van der Waals surface area contributed by atoms with Crippen molar-refractivity contribution >= 4 is 26.0 Å². The maximum absolute atomic E-state index is 12.2. The summed E-state index contributed by atoms with van der Waals surface area (Å²) in [5, 5.41) is 8.61. The first-order valence-electron chi connectivity index (χ1n) is 6.78. The number of nitrogens with one attached hydrogen (secondary N) is 1. The largest absolute Gasteiger partial charge is 0.481 e. The lowest BCUT2D eigenvalue weighted by Gasteiger charge is -2.34. The van der Waals surface area contributed by atoms with Crippen LogP contribution in [0.1, 0.15) is 32.1 Å². The highest BCUT2D eigenvalue weighted by Crippen LogP contribution is 2.23. The third kappa shape index (κ3) is 6.72. The van der Waals surface area contributed by atoms with Gasteiger partial charge in [-0.15, -0.1) is 0 Å². The lowest BCUT2D eigenvalue weighted by molar-refractivity contribution is -0.136. The predicted molar refractivity (Wildman–Crippen MR) is 77.8 cm³/mol. The van der Waals surface area contributed by atoms with Crippen LogP contribution in [0.3, 0.4) is 0 Å². The van der Waals surface area contributed by atoms with E-state index in [1.807, 2.05) is 0 Å². The van der Waals surface area contributed by atoms with Crippen molar-refractivity contribution < 1.29 is 26.7 Å². The number of piperidine rings is 1. The molecule has 21 heavy (non-hydrogen) atoms. The second kappa shape index (κ2) is 7.52. The van der Waals surface area contributed by atoms with E-state index in [9.17, 15) is 21.6 Å². The SMILES string of the molecule is CS(=O)(=O)NCCC1CCCCN1S(=O)(=O)CCC(=O)O. The molecule has 1 fully saturated rings. The molecule has 1 heterocycles. The summed E-state index contributed by atoms with van der Waals surface area (Å²) in [4.78, 5) is 10.5. The summed E-state index contributed by atoms with van der Waals surface area (Å²) < 4.78 is 50.1. The number of carboxylic acids is 1. The third-order valence-electron chi connectivity index (χ3n) is 3.35. The Balaban J connectivity index is 2.66. The average Bonchev–Trinajstić information content (AvgIpc) is 2.35. The van der Waals surface area contributed by atoms with Gasteiger partial charge in [0.2, 0.25) is 20.0 Å². The van der Waals surface area contributed by atoms with Gasteiger partial charge in [0.25, 0.3) is 0 Å². The van der Waals surface area contributed by atoms with E-state index in [1.165, 1.54) is 4.31 Å². The highest BCUT2D eigenvalue weighted by atomic mass is 32.2. The number of carbonyl (C=O) groups is 1. The van der Waals surface area contributed by atoms with Crippen LogP contribution in [0.2, 0.25) is 0 Å². The summed E-state index contributed by atoms with van der Waals surface area (Å²) in [6, 6.07) is -0.271. The normalized spacial score (nSPS) is 21.3. The molecule has 0 aromatic carbocycles. The van der Waals surface area contributed by atoms with E-state index in [-0.39, 0.29) is 12.6 Å². The second-order valence-electron chi connectivity index (χ2n) is 5.18. The first-order valence-corrected chi connectivity index (χ1v) is 10.3. The Bertz CT molecular complexity index is 557. The van der Waals surface area contributed by atoms with Gasteiger partial charge in [-0.25, -0.2) is 21.6 Å². The van der Waals surface area contributed by atoms with Gasteiger partial charge in [-0.3, -0.25) is 4.79 Å². The van der Waals surface area contributed by atoms with E-state index in [1.54, 1.807) is 0 Å². The summed E-state index contributed by atoms with van der Waals surface area (Å²) in [7, 11) is -6.91. The fraction of sp³-hybridized carbons (Fsp3) is 0.909. The molecule has 0 spiro atoms. The zero-order valence-corrected chi connectivity index (χ0v) is 13.6. The van der Waals surface area contributed by atoms with Crippen LogP contribution in [-0.2, 0) is 24.8 Å². The third-order valence-corrected chi connectivity index (χ3v) is 5.99. The van der Waals surface area contributed by atoms with E-state index in [0.717, 1.165) is 19.1 Å². The highest BCUT2D eigenvalue weighted by Gasteiger charge is 2.32. The molecule has 124 valence electrons. The Kier molecular flexibility index (Phi) is 6.57. The fourth-order valence-electron chi connectivity index (χ4n) is 2.37. The number of aliphatic carboxylic acids is 1. The molecule has 0 aromatic heterocycles. The van der Waals surface area contributed by atoms with E-state index in [4.69, 9.17) is 5.11 Å². The monoisotopic (exact) mass is 342 g/mol. The second-order valence-corrected chi connectivity index (χ2v) is 9.05. The Hall–Kier alpha value is -0.710.